The Labute approximate surface area is 104 Å². The minimum atomic E-state index is 0.0951. The van der Waals surface area contributed by atoms with E-state index in [-0.39, 0.29) is 6.04 Å². The Bertz CT molecular complexity index is 363. The smallest absolute Gasteiger partial charge is 0.119 e. The molecule has 3 nitrogen and oxygen atoms in total. The molecule has 0 aliphatic rings. The van der Waals surface area contributed by atoms with E-state index in [9.17, 15) is 0 Å². The van der Waals surface area contributed by atoms with Gasteiger partial charge in [-0.2, -0.15) is 0 Å². The van der Waals surface area contributed by atoms with Crippen molar-refractivity contribution in [3.05, 3.63) is 42.0 Å². The predicted molar refractivity (Wildman–Crippen MR) is 71.7 cm³/mol. The quantitative estimate of drug-likeness (QED) is 0.433. The summed E-state index contributed by atoms with van der Waals surface area (Å²) in [5.41, 5.74) is 5.05. The first-order valence-corrected chi connectivity index (χ1v) is 6.00. The van der Waals surface area contributed by atoms with Gasteiger partial charge in [0, 0.05) is 6.04 Å². The molecule has 0 aliphatic heterocycles. The second kappa shape index (κ2) is 7.09. The summed E-state index contributed by atoms with van der Waals surface area (Å²) in [5, 5.41) is 0. The van der Waals surface area contributed by atoms with Crippen molar-refractivity contribution in [1.82, 2.24) is 5.43 Å². The molecule has 1 unspecified atom stereocenters. The van der Waals surface area contributed by atoms with Gasteiger partial charge in [0.1, 0.15) is 5.75 Å². The number of rotatable bonds is 7. The average Bonchev–Trinajstić information content (AvgIpc) is 2.33. The molecule has 0 bridgehead atoms. The van der Waals surface area contributed by atoms with Crippen LogP contribution in [-0.2, 0) is 0 Å². The number of nitrogens with two attached hydrogens (primary N) is 1. The third-order valence-corrected chi connectivity index (χ3v) is 2.49. The fourth-order valence-electron chi connectivity index (χ4n) is 1.66. The van der Waals surface area contributed by atoms with Crippen molar-refractivity contribution in [2.24, 2.45) is 5.84 Å². The second-order valence-corrected chi connectivity index (χ2v) is 4.30. The number of nitrogens with one attached hydrogen (secondary N) is 1. The first-order valence-electron chi connectivity index (χ1n) is 6.00. The minimum Gasteiger partial charge on any atom is -0.494 e. The Morgan fingerprint density at radius 1 is 1.53 bits per heavy atom. The van der Waals surface area contributed by atoms with E-state index in [1.165, 1.54) is 0 Å². The molecule has 17 heavy (non-hydrogen) atoms. The molecule has 1 atom stereocenters. The van der Waals surface area contributed by atoms with E-state index in [0.717, 1.165) is 36.3 Å². The molecule has 0 amide bonds. The number of hydrogen-bond acceptors (Lipinski definition) is 3. The van der Waals surface area contributed by atoms with Crippen molar-refractivity contribution in [2.75, 3.05) is 6.61 Å². The highest BCUT2D eigenvalue weighted by molar-refractivity contribution is 5.31. The second-order valence-electron chi connectivity index (χ2n) is 4.30. The Morgan fingerprint density at radius 3 is 2.88 bits per heavy atom. The summed E-state index contributed by atoms with van der Waals surface area (Å²) in [6.45, 7) is 8.75. The number of hydrazine groups is 1. The maximum absolute atomic E-state index is 5.60. The molecule has 3 heteroatoms. The van der Waals surface area contributed by atoms with E-state index < -0.39 is 0 Å². The zero-order chi connectivity index (χ0) is 12.7. The number of hydrogen-bond donors (Lipinski definition) is 2. The van der Waals surface area contributed by atoms with Gasteiger partial charge < -0.3 is 4.74 Å². The lowest BCUT2D eigenvalue weighted by Crippen LogP contribution is -2.28. The lowest BCUT2D eigenvalue weighted by atomic mass is 10.0. The van der Waals surface area contributed by atoms with Crippen LogP contribution in [0.2, 0.25) is 0 Å². The molecular formula is C14H22N2O. The molecule has 94 valence electrons. The highest BCUT2D eigenvalue weighted by Gasteiger charge is 2.10. The Kier molecular flexibility index (Phi) is 5.73. The van der Waals surface area contributed by atoms with Gasteiger partial charge in [0.25, 0.3) is 0 Å². The summed E-state index contributed by atoms with van der Waals surface area (Å²) in [6, 6.07) is 8.13. The van der Waals surface area contributed by atoms with Gasteiger partial charge in [-0.3, -0.25) is 11.3 Å². The van der Waals surface area contributed by atoms with Gasteiger partial charge in [0.2, 0.25) is 0 Å². The van der Waals surface area contributed by atoms with Crippen molar-refractivity contribution in [3.63, 3.8) is 0 Å². The molecule has 0 saturated heterocycles. The van der Waals surface area contributed by atoms with E-state index in [1.807, 2.05) is 31.2 Å². The molecule has 3 N–H and O–H groups in total. The molecule has 0 spiro atoms. The molecular weight excluding hydrogens is 212 g/mol. The molecule has 1 rings (SSSR count). The summed E-state index contributed by atoms with van der Waals surface area (Å²) >= 11 is 0. The van der Waals surface area contributed by atoms with E-state index in [1.54, 1.807) is 0 Å². The Balaban J connectivity index is 2.77. The largest absolute Gasteiger partial charge is 0.494 e. The highest BCUT2D eigenvalue weighted by atomic mass is 16.5. The van der Waals surface area contributed by atoms with Gasteiger partial charge in [-0.15, -0.1) is 6.58 Å². The summed E-state index contributed by atoms with van der Waals surface area (Å²) in [6.07, 6.45) is 1.84. The maximum atomic E-state index is 5.60. The zero-order valence-electron chi connectivity index (χ0n) is 10.7. The first-order chi connectivity index (χ1) is 8.17. The topological polar surface area (TPSA) is 47.3 Å². The normalized spacial score (nSPS) is 12.2. The monoisotopic (exact) mass is 234 g/mol. The summed E-state index contributed by atoms with van der Waals surface area (Å²) in [5.74, 6) is 6.47. The lowest BCUT2D eigenvalue weighted by Gasteiger charge is -2.17. The van der Waals surface area contributed by atoms with Crippen LogP contribution in [-0.4, -0.2) is 6.61 Å². The van der Waals surface area contributed by atoms with Crippen molar-refractivity contribution in [2.45, 2.75) is 32.7 Å². The van der Waals surface area contributed by atoms with Gasteiger partial charge in [-0.05, 0) is 37.5 Å². The van der Waals surface area contributed by atoms with Crippen LogP contribution in [0.3, 0.4) is 0 Å². The minimum absolute atomic E-state index is 0.0951. The van der Waals surface area contributed by atoms with Crippen LogP contribution in [0.4, 0.5) is 0 Å². The van der Waals surface area contributed by atoms with E-state index in [2.05, 4.69) is 18.9 Å². The van der Waals surface area contributed by atoms with Crippen LogP contribution in [0, 0.1) is 0 Å². The SMILES string of the molecule is C=C(C)CC(NN)c1cccc(OCCC)c1. The first kappa shape index (κ1) is 13.7. The lowest BCUT2D eigenvalue weighted by molar-refractivity contribution is 0.316. The Morgan fingerprint density at radius 2 is 2.29 bits per heavy atom. The standard InChI is InChI=1S/C14H22N2O/c1-4-8-17-13-7-5-6-12(10-13)14(16-15)9-11(2)3/h5-7,10,14,16H,2,4,8-9,15H2,1,3H3. The average molecular weight is 234 g/mol. The van der Waals surface area contributed by atoms with Crippen molar-refractivity contribution in [1.29, 1.82) is 0 Å². The Hall–Kier alpha value is -1.32. The summed E-state index contributed by atoms with van der Waals surface area (Å²) < 4.78 is 5.60. The van der Waals surface area contributed by atoms with Gasteiger partial charge in [-0.25, -0.2) is 0 Å². The summed E-state index contributed by atoms with van der Waals surface area (Å²) in [7, 11) is 0. The molecule has 0 heterocycles. The van der Waals surface area contributed by atoms with Gasteiger partial charge >= 0.3 is 0 Å². The van der Waals surface area contributed by atoms with Crippen LogP contribution in [0.15, 0.2) is 36.4 Å². The van der Waals surface area contributed by atoms with Gasteiger partial charge in [0.15, 0.2) is 0 Å². The molecule has 0 aromatic heterocycles. The zero-order valence-corrected chi connectivity index (χ0v) is 10.7. The van der Waals surface area contributed by atoms with Crippen molar-refractivity contribution >= 4 is 0 Å². The molecule has 1 aromatic carbocycles. The van der Waals surface area contributed by atoms with Crippen LogP contribution in [0.5, 0.6) is 5.75 Å². The van der Waals surface area contributed by atoms with Crippen LogP contribution in [0.1, 0.15) is 38.3 Å². The molecule has 0 radical (unpaired) electrons. The summed E-state index contributed by atoms with van der Waals surface area (Å²) in [4.78, 5) is 0. The van der Waals surface area contributed by atoms with Gasteiger partial charge in [-0.1, -0.05) is 24.6 Å². The van der Waals surface area contributed by atoms with Crippen LogP contribution in [0.25, 0.3) is 0 Å². The fraction of sp³-hybridized carbons (Fsp3) is 0.429. The highest BCUT2D eigenvalue weighted by Crippen LogP contribution is 2.23. The predicted octanol–water partition coefficient (Wildman–Crippen LogP) is 2.95. The number of ether oxygens (including phenoxy) is 1. The molecule has 1 aromatic rings. The van der Waals surface area contributed by atoms with Gasteiger partial charge in [0.05, 0.1) is 6.61 Å². The number of benzene rings is 1. The van der Waals surface area contributed by atoms with E-state index >= 15 is 0 Å². The van der Waals surface area contributed by atoms with Crippen LogP contribution < -0.4 is 16.0 Å². The van der Waals surface area contributed by atoms with E-state index in [0.29, 0.717) is 0 Å². The molecule has 0 fully saturated rings. The molecule has 0 aliphatic carbocycles. The third kappa shape index (κ3) is 4.59. The fourth-order valence-corrected chi connectivity index (χ4v) is 1.66. The van der Waals surface area contributed by atoms with Crippen molar-refractivity contribution < 1.29 is 4.74 Å². The molecule has 0 saturated carbocycles. The van der Waals surface area contributed by atoms with Crippen LogP contribution >= 0.6 is 0 Å². The third-order valence-electron chi connectivity index (χ3n) is 2.49. The van der Waals surface area contributed by atoms with E-state index in [4.69, 9.17) is 10.6 Å². The maximum Gasteiger partial charge on any atom is 0.119 e. The van der Waals surface area contributed by atoms with Crippen molar-refractivity contribution in [3.8, 4) is 5.75 Å².